The van der Waals surface area contributed by atoms with Gasteiger partial charge in [-0.3, -0.25) is 15.0 Å². The summed E-state index contributed by atoms with van der Waals surface area (Å²) in [6.07, 6.45) is -0.439. The fraction of sp³-hybridized carbons (Fsp3) is 0.294. The van der Waals surface area contributed by atoms with Crippen molar-refractivity contribution in [2.24, 2.45) is 5.73 Å². The number of hydrogen-bond acceptors (Lipinski definition) is 5. The summed E-state index contributed by atoms with van der Waals surface area (Å²) in [7, 11) is 0. The van der Waals surface area contributed by atoms with Crippen LogP contribution in [0, 0.1) is 5.41 Å². The van der Waals surface area contributed by atoms with E-state index in [1.54, 1.807) is 24.3 Å². The van der Waals surface area contributed by atoms with E-state index in [4.69, 9.17) is 16.2 Å². The first-order chi connectivity index (χ1) is 12.2. The van der Waals surface area contributed by atoms with E-state index in [9.17, 15) is 19.5 Å². The number of nitrogens with two attached hydrogens (primary N) is 1. The minimum absolute atomic E-state index is 0.0888. The number of benzene rings is 1. The molecule has 26 heavy (non-hydrogen) atoms. The first-order valence-electron chi connectivity index (χ1n) is 7.80. The highest BCUT2D eigenvalue weighted by molar-refractivity contribution is 5.97. The highest BCUT2D eigenvalue weighted by Crippen LogP contribution is 2.10. The van der Waals surface area contributed by atoms with Crippen molar-refractivity contribution in [3.05, 3.63) is 42.5 Å². The maximum Gasteiger partial charge on any atom is 0.326 e. The molecule has 9 nitrogen and oxygen atoms in total. The first-order valence-corrected chi connectivity index (χ1v) is 7.80. The summed E-state index contributed by atoms with van der Waals surface area (Å²) in [6, 6.07) is 5.04. The number of aliphatic hydroxyl groups excluding tert-OH is 1. The number of carbonyl (C=O) groups is 3. The quantitative estimate of drug-likeness (QED) is 0.197. The largest absolute Gasteiger partial charge is 0.480 e. The Hall–Kier alpha value is -3.20. The summed E-state index contributed by atoms with van der Waals surface area (Å²) in [5.74, 6) is -2.41. The maximum absolute atomic E-state index is 11.9. The number of amides is 2. The van der Waals surface area contributed by atoms with E-state index in [0.717, 1.165) is 0 Å². The summed E-state index contributed by atoms with van der Waals surface area (Å²) >= 11 is 0. The van der Waals surface area contributed by atoms with Crippen LogP contribution in [0.1, 0.15) is 24.8 Å². The number of amidine groups is 1. The van der Waals surface area contributed by atoms with Crippen LogP contribution in [0.15, 0.2) is 36.9 Å². The Morgan fingerprint density at radius 2 is 1.77 bits per heavy atom. The average Bonchev–Trinajstić information content (AvgIpc) is 2.59. The third-order valence-electron chi connectivity index (χ3n) is 3.44. The number of rotatable bonds is 10. The van der Waals surface area contributed by atoms with Crippen molar-refractivity contribution in [1.29, 1.82) is 5.41 Å². The Morgan fingerprint density at radius 1 is 1.19 bits per heavy atom. The van der Waals surface area contributed by atoms with Gasteiger partial charge in [-0.15, -0.1) is 6.58 Å². The van der Waals surface area contributed by atoms with Gasteiger partial charge in [0.05, 0.1) is 6.10 Å². The summed E-state index contributed by atoms with van der Waals surface area (Å²) < 4.78 is 0. The Bertz CT molecular complexity index is 687. The first kappa shape index (κ1) is 20.8. The summed E-state index contributed by atoms with van der Waals surface area (Å²) in [5, 5.41) is 30.6. The lowest BCUT2D eigenvalue weighted by Gasteiger charge is -2.16. The standard InChI is InChI=1S/C17H22N4O5/c1-2-12(22)9-13(17(25)26)21-15(24)8-7-14(23)20-11-5-3-10(4-6-11)16(18)19/h2-6,12-13,22H,1,7-9H2,(H3,18,19)(H,20,23)(H,21,24)(H,25,26). The molecule has 7 N–H and O–H groups in total. The fourth-order valence-electron chi connectivity index (χ4n) is 2.01. The van der Waals surface area contributed by atoms with Gasteiger partial charge in [0, 0.05) is 30.5 Å². The monoisotopic (exact) mass is 362 g/mol. The fourth-order valence-corrected chi connectivity index (χ4v) is 2.01. The molecule has 0 saturated heterocycles. The van der Waals surface area contributed by atoms with Crippen molar-refractivity contribution in [3.8, 4) is 0 Å². The van der Waals surface area contributed by atoms with Gasteiger partial charge in [0.1, 0.15) is 11.9 Å². The number of hydrogen-bond donors (Lipinski definition) is 6. The molecule has 0 saturated carbocycles. The minimum atomic E-state index is -1.28. The van der Waals surface area contributed by atoms with Crippen molar-refractivity contribution in [2.75, 3.05) is 5.32 Å². The predicted molar refractivity (Wildman–Crippen MR) is 95.7 cm³/mol. The molecule has 0 radical (unpaired) electrons. The second kappa shape index (κ2) is 9.94. The zero-order valence-corrected chi connectivity index (χ0v) is 14.1. The lowest BCUT2D eigenvalue weighted by Crippen LogP contribution is -2.42. The number of nitrogen functional groups attached to an aromatic ring is 1. The maximum atomic E-state index is 11.9. The van der Waals surface area contributed by atoms with Gasteiger partial charge >= 0.3 is 5.97 Å². The van der Waals surface area contributed by atoms with Gasteiger partial charge < -0.3 is 26.6 Å². The van der Waals surface area contributed by atoms with Crippen LogP contribution >= 0.6 is 0 Å². The molecule has 1 rings (SSSR count). The zero-order chi connectivity index (χ0) is 19.7. The van der Waals surface area contributed by atoms with Crippen LogP contribution in [0.25, 0.3) is 0 Å². The van der Waals surface area contributed by atoms with Gasteiger partial charge in [0.25, 0.3) is 0 Å². The number of carboxylic acids is 1. The van der Waals surface area contributed by atoms with E-state index < -0.39 is 29.9 Å². The molecule has 140 valence electrons. The van der Waals surface area contributed by atoms with Crippen LogP contribution in [-0.2, 0) is 14.4 Å². The molecule has 1 aromatic carbocycles. The van der Waals surface area contributed by atoms with Gasteiger partial charge in [0.2, 0.25) is 11.8 Å². The Balaban J connectivity index is 2.47. The number of aliphatic carboxylic acids is 1. The Morgan fingerprint density at radius 3 is 2.27 bits per heavy atom. The van der Waals surface area contributed by atoms with Crippen molar-refractivity contribution < 1.29 is 24.6 Å². The SMILES string of the molecule is C=CC(O)CC(NC(=O)CCC(=O)Nc1ccc(C(=N)N)cc1)C(=O)O. The predicted octanol–water partition coefficient (Wildman–Crippen LogP) is 0.196. The number of carboxylic acid groups (broad SMARTS) is 1. The van der Waals surface area contributed by atoms with Crippen LogP contribution in [0.3, 0.4) is 0 Å². The molecule has 0 fully saturated rings. The van der Waals surface area contributed by atoms with E-state index in [1.165, 1.54) is 6.08 Å². The molecular weight excluding hydrogens is 340 g/mol. The summed E-state index contributed by atoms with van der Waals surface area (Å²) in [6.45, 7) is 3.34. The number of anilines is 1. The lowest BCUT2D eigenvalue weighted by atomic mass is 10.1. The second-order valence-corrected chi connectivity index (χ2v) is 5.54. The molecule has 0 aliphatic rings. The zero-order valence-electron chi connectivity index (χ0n) is 14.1. The molecule has 9 heteroatoms. The molecular formula is C17H22N4O5. The summed E-state index contributed by atoms with van der Waals surface area (Å²) in [5.41, 5.74) is 6.34. The van der Waals surface area contributed by atoms with Gasteiger partial charge in [-0.2, -0.15) is 0 Å². The molecule has 2 amide bonds. The molecule has 2 atom stereocenters. The topological polar surface area (TPSA) is 166 Å². The van der Waals surface area contributed by atoms with Gasteiger partial charge in [0.15, 0.2) is 0 Å². The molecule has 0 aliphatic carbocycles. The number of nitrogens with one attached hydrogen (secondary N) is 3. The minimum Gasteiger partial charge on any atom is -0.480 e. The van der Waals surface area contributed by atoms with Crippen molar-refractivity contribution in [2.45, 2.75) is 31.4 Å². The van der Waals surface area contributed by atoms with E-state index in [-0.39, 0.29) is 25.1 Å². The van der Waals surface area contributed by atoms with E-state index >= 15 is 0 Å². The molecule has 1 aromatic rings. The van der Waals surface area contributed by atoms with E-state index in [0.29, 0.717) is 11.3 Å². The summed E-state index contributed by atoms with van der Waals surface area (Å²) in [4.78, 5) is 34.7. The van der Waals surface area contributed by atoms with Crippen LogP contribution in [-0.4, -0.2) is 46.0 Å². The number of aliphatic hydroxyl groups is 1. The van der Waals surface area contributed by atoms with Gasteiger partial charge in [-0.05, 0) is 24.3 Å². The van der Waals surface area contributed by atoms with Crippen molar-refractivity contribution in [3.63, 3.8) is 0 Å². The van der Waals surface area contributed by atoms with Crippen molar-refractivity contribution >= 4 is 29.3 Å². The number of carbonyl (C=O) groups excluding carboxylic acids is 2. The van der Waals surface area contributed by atoms with Crippen molar-refractivity contribution in [1.82, 2.24) is 5.32 Å². The second-order valence-electron chi connectivity index (χ2n) is 5.54. The smallest absolute Gasteiger partial charge is 0.326 e. The van der Waals surface area contributed by atoms with Gasteiger partial charge in [-0.1, -0.05) is 6.08 Å². The van der Waals surface area contributed by atoms with Crippen LogP contribution in [0.5, 0.6) is 0 Å². The molecule has 0 heterocycles. The molecule has 0 bridgehead atoms. The Kier molecular flexibility index (Phi) is 7.97. The van der Waals surface area contributed by atoms with E-state index in [1.807, 2.05) is 0 Å². The Labute approximate surface area is 150 Å². The molecule has 0 spiro atoms. The van der Waals surface area contributed by atoms with E-state index in [2.05, 4.69) is 17.2 Å². The van der Waals surface area contributed by atoms with Crippen LogP contribution in [0.4, 0.5) is 5.69 Å². The van der Waals surface area contributed by atoms with Crippen LogP contribution in [0.2, 0.25) is 0 Å². The average molecular weight is 362 g/mol. The molecule has 0 aliphatic heterocycles. The third-order valence-corrected chi connectivity index (χ3v) is 3.44. The third kappa shape index (κ3) is 7.14. The lowest BCUT2D eigenvalue weighted by molar-refractivity contribution is -0.142. The molecule has 0 aromatic heterocycles. The van der Waals surface area contributed by atoms with Gasteiger partial charge in [-0.25, -0.2) is 4.79 Å². The highest BCUT2D eigenvalue weighted by Gasteiger charge is 2.22. The normalized spacial score (nSPS) is 12.5. The molecule has 2 unspecified atom stereocenters. The highest BCUT2D eigenvalue weighted by atomic mass is 16.4. The van der Waals surface area contributed by atoms with Crippen LogP contribution < -0.4 is 16.4 Å².